The van der Waals surface area contributed by atoms with Crippen molar-refractivity contribution < 1.29 is 14.4 Å². The molecule has 0 aromatic carbocycles. The Bertz CT molecular complexity index is 1190. The summed E-state index contributed by atoms with van der Waals surface area (Å²) in [7, 11) is 1.97. The first-order chi connectivity index (χ1) is 20.7. The Morgan fingerprint density at radius 3 is 1.67 bits per heavy atom. The predicted octanol–water partition coefficient (Wildman–Crippen LogP) is 8.13. The fourth-order valence-electron chi connectivity index (χ4n) is 3.56. The minimum Gasteiger partial charge on any atom is -0.360 e. The van der Waals surface area contributed by atoms with E-state index in [1.807, 2.05) is 81.3 Å². The third kappa shape index (κ3) is 14.4. The lowest BCUT2D eigenvalue weighted by Gasteiger charge is -2.25. The average molecular weight is 597 g/mol. The van der Waals surface area contributed by atoms with Crippen LogP contribution >= 0.6 is 0 Å². The molecule has 0 spiro atoms. The zero-order chi connectivity index (χ0) is 32.9. The molecule has 0 bridgehead atoms. The van der Waals surface area contributed by atoms with Crippen molar-refractivity contribution in [2.24, 2.45) is 5.92 Å². The van der Waals surface area contributed by atoms with Crippen LogP contribution < -0.4 is 4.90 Å². The molecule has 2 aliphatic carbocycles. The van der Waals surface area contributed by atoms with E-state index in [1.54, 1.807) is 45.4 Å². The number of carbonyl (C=O) groups is 3. The Balaban J connectivity index is 0.000000565. The van der Waals surface area contributed by atoms with Crippen molar-refractivity contribution in [1.29, 1.82) is 0 Å². The molecule has 9 nitrogen and oxygen atoms in total. The van der Waals surface area contributed by atoms with Crippen molar-refractivity contribution >= 4 is 23.2 Å². The molecule has 2 fully saturated rings. The summed E-state index contributed by atoms with van der Waals surface area (Å²) < 4.78 is 3.79. The van der Waals surface area contributed by atoms with Crippen LogP contribution in [0.4, 0.5) is 5.82 Å². The summed E-state index contributed by atoms with van der Waals surface area (Å²) in [4.78, 5) is 39.0. The fourth-order valence-corrected chi connectivity index (χ4v) is 3.56. The van der Waals surface area contributed by atoms with E-state index in [2.05, 4.69) is 22.1 Å². The van der Waals surface area contributed by atoms with Gasteiger partial charge in [0.15, 0.2) is 17.3 Å². The molecule has 0 aliphatic heterocycles. The summed E-state index contributed by atoms with van der Waals surface area (Å²) in [5.41, 5.74) is 2.10. The lowest BCUT2D eigenvalue weighted by molar-refractivity contribution is 0.100. The van der Waals surface area contributed by atoms with Gasteiger partial charge in [-0.05, 0) is 77.8 Å². The molecule has 240 valence electrons. The number of pyridine rings is 1. The van der Waals surface area contributed by atoms with E-state index in [1.165, 1.54) is 32.1 Å². The van der Waals surface area contributed by atoms with Crippen LogP contribution in [0.1, 0.15) is 138 Å². The third-order valence-electron chi connectivity index (χ3n) is 6.66. The number of aromatic nitrogens is 5. The molecule has 0 amide bonds. The number of nitrogens with zero attached hydrogens (tertiary/aromatic N) is 6. The first-order valence-corrected chi connectivity index (χ1v) is 15.9. The fraction of sp³-hybridized carbons (Fsp3) is 0.588. The van der Waals surface area contributed by atoms with Crippen LogP contribution in [0.25, 0.3) is 0 Å². The van der Waals surface area contributed by atoms with Gasteiger partial charge in [0.2, 0.25) is 0 Å². The lowest BCUT2D eigenvalue weighted by atomic mass is 9.93. The number of rotatable bonds is 8. The Hall–Kier alpha value is -3.62. The van der Waals surface area contributed by atoms with Crippen LogP contribution in [0.2, 0.25) is 0 Å². The number of anilines is 1. The quantitative estimate of drug-likeness (QED) is 0.242. The summed E-state index contributed by atoms with van der Waals surface area (Å²) in [5.74, 6) is 1.95. The van der Waals surface area contributed by atoms with Gasteiger partial charge < -0.3 is 4.90 Å². The van der Waals surface area contributed by atoms with Gasteiger partial charge in [0.1, 0.15) is 5.82 Å². The zero-order valence-corrected chi connectivity index (χ0v) is 28.6. The number of carbonyl (C=O) groups excluding carboxylic acids is 3. The molecular formula is C34H56N6O3. The molecule has 0 atom stereocenters. The van der Waals surface area contributed by atoms with Crippen LogP contribution in [0.15, 0.2) is 43.1 Å². The van der Waals surface area contributed by atoms with E-state index >= 15 is 0 Å². The van der Waals surface area contributed by atoms with Crippen LogP contribution in [-0.2, 0) is 6.54 Å². The van der Waals surface area contributed by atoms with E-state index in [4.69, 9.17) is 0 Å². The third-order valence-corrected chi connectivity index (χ3v) is 6.66. The Kier molecular flexibility index (Phi) is 20.1. The van der Waals surface area contributed by atoms with Crippen LogP contribution in [0.5, 0.6) is 0 Å². The highest BCUT2D eigenvalue weighted by molar-refractivity contribution is 5.94. The van der Waals surface area contributed by atoms with Crippen LogP contribution in [0.3, 0.4) is 0 Å². The Labute approximate surface area is 260 Å². The highest BCUT2D eigenvalue weighted by Crippen LogP contribution is 2.31. The van der Waals surface area contributed by atoms with Crippen molar-refractivity contribution in [2.45, 2.75) is 114 Å². The normalized spacial score (nSPS) is 12.8. The predicted molar refractivity (Wildman–Crippen MR) is 177 cm³/mol. The smallest absolute Gasteiger partial charge is 0.162 e. The van der Waals surface area contributed by atoms with Crippen molar-refractivity contribution in [2.75, 3.05) is 18.5 Å². The van der Waals surface area contributed by atoms with Crippen molar-refractivity contribution in [1.82, 2.24) is 24.5 Å². The average Bonchev–Trinajstić information content (AvgIpc) is 3.46. The Morgan fingerprint density at radius 2 is 1.30 bits per heavy atom. The van der Waals surface area contributed by atoms with Gasteiger partial charge in [-0.25, -0.2) is 4.98 Å². The van der Waals surface area contributed by atoms with Gasteiger partial charge in [-0.15, -0.1) is 0 Å². The SMILES string of the molecule is CC.CC.CC.CC(=O)c1cnn(C2CCC2)c1.CC(=O)c1cnn(CC2CC2)c1.CCN(C)c1ccc(C(C)=O)cn1. The second kappa shape index (κ2) is 22.0. The summed E-state index contributed by atoms with van der Waals surface area (Å²) in [5, 5.41) is 8.27. The molecule has 9 heteroatoms. The number of hydrogen-bond acceptors (Lipinski definition) is 7. The zero-order valence-electron chi connectivity index (χ0n) is 28.6. The molecule has 3 aromatic rings. The topological polar surface area (TPSA) is 103 Å². The van der Waals surface area contributed by atoms with Gasteiger partial charge in [0.25, 0.3) is 0 Å². The molecule has 0 saturated heterocycles. The second-order valence-electron chi connectivity index (χ2n) is 9.78. The van der Waals surface area contributed by atoms with Gasteiger partial charge in [0.05, 0.1) is 29.6 Å². The minimum atomic E-state index is 0.0539. The molecule has 0 N–H and O–H groups in total. The summed E-state index contributed by atoms with van der Waals surface area (Å²) in [6.07, 6.45) is 14.9. The second-order valence-corrected chi connectivity index (χ2v) is 9.78. The summed E-state index contributed by atoms with van der Waals surface area (Å²) in [6.45, 7) is 20.6. The highest BCUT2D eigenvalue weighted by Gasteiger charge is 2.22. The van der Waals surface area contributed by atoms with Crippen molar-refractivity contribution in [3.05, 3.63) is 59.8 Å². The standard InChI is InChI=1S/C10H14N2O.2C9H12N2O.3C2H6/c1-4-12(3)10-6-5-9(7-11-10)8(2)13;1-7(12)9-4-10-11(6-9)5-8-2-3-8;1-7(12)8-5-10-11(6-8)9-3-2-4-9;3*1-2/h5-7H,4H2,1-3H3;4,6,8H,2-3,5H2,1H3;5-6,9H,2-4H2,1H3;3*1-2H3. The minimum absolute atomic E-state index is 0.0539. The molecule has 43 heavy (non-hydrogen) atoms. The first-order valence-electron chi connectivity index (χ1n) is 15.9. The maximum absolute atomic E-state index is 10.9. The molecular weight excluding hydrogens is 540 g/mol. The van der Waals surface area contributed by atoms with Crippen LogP contribution in [0, 0.1) is 5.92 Å². The van der Waals surface area contributed by atoms with Gasteiger partial charge in [-0.1, -0.05) is 41.5 Å². The highest BCUT2D eigenvalue weighted by atomic mass is 16.1. The first kappa shape index (κ1) is 39.4. The van der Waals surface area contributed by atoms with Gasteiger partial charge in [-0.3, -0.25) is 23.7 Å². The number of hydrogen-bond donors (Lipinski definition) is 0. The molecule has 0 radical (unpaired) electrons. The van der Waals surface area contributed by atoms with E-state index in [0.29, 0.717) is 11.6 Å². The largest absolute Gasteiger partial charge is 0.360 e. The lowest BCUT2D eigenvalue weighted by Crippen LogP contribution is -2.17. The summed E-state index contributed by atoms with van der Waals surface area (Å²) >= 11 is 0. The van der Waals surface area contributed by atoms with E-state index in [0.717, 1.165) is 36.0 Å². The molecule has 2 saturated carbocycles. The number of ketones is 3. The maximum atomic E-state index is 10.9. The van der Waals surface area contributed by atoms with E-state index < -0.39 is 0 Å². The molecule has 5 rings (SSSR count). The van der Waals surface area contributed by atoms with Crippen molar-refractivity contribution in [3.8, 4) is 0 Å². The molecule has 2 aliphatic rings. The number of Topliss-reactive ketones (excluding diaryl/α,β-unsaturated/α-hetero) is 3. The molecule has 3 aromatic heterocycles. The Morgan fingerprint density at radius 1 is 0.767 bits per heavy atom. The summed E-state index contributed by atoms with van der Waals surface area (Å²) in [6, 6.07) is 4.22. The van der Waals surface area contributed by atoms with Gasteiger partial charge in [-0.2, -0.15) is 10.2 Å². The van der Waals surface area contributed by atoms with Crippen LogP contribution in [-0.4, -0.2) is 55.5 Å². The van der Waals surface area contributed by atoms with Crippen molar-refractivity contribution in [3.63, 3.8) is 0 Å². The molecule has 3 heterocycles. The monoisotopic (exact) mass is 596 g/mol. The maximum Gasteiger partial charge on any atom is 0.162 e. The molecule has 0 unspecified atom stereocenters. The van der Waals surface area contributed by atoms with Gasteiger partial charge >= 0.3 is 0 Å². The van der Waals surface area contributed by atoms with E-state index in [9.17, 15) is 14.4 Å². The van der Waals surface area contributed by atoms with E-state index in [-0.39, 0.29) is 17.3 Å². The van der Waals surface area contributed by atoms with Gasteiger partial charge in [0, 0.05) is 44.3 Å².